The highest BCUT2D eigenvalue weighted by molar-refractivity contribution is 9.10. The number of rotatable bonds is 3. The Balaban J connectivity index is 2.26. The zero-order valence-corrected chi connectivity index (χ0v) is 11.2. The van der Waals surface area contributed by atoms with Crippen LogP contribution in [0.4, 0.5) is 0 Å². The van der Waals surface area contributed by atoms with Crippen molar-refractivity contribution < 1.29 is 4.74 Å². The van der Waals surface area contributed by atoms with Crippen molar-refractivity contribution in [3.8, 4) is 0 Å². The van der Waals surface area contributed by atoms with Crippen LogP contribution >= 0.6 is 15.9 Å². The van der Waals surface area contributed by atoms with E-state index in [1.165, 1.54) is 5.56 Å². The van der Waals surface area contributed by atoms with Gasteiger partial charge in [0.05, 0.1) is 6.61 Å². The lowest BCUT2D eigenvalue weighted by Crippen LogP contribution is -2.42. The topological polar surface area (TPSA) is 21.3 Å². The Labute approximate surface area is 106 Å². The van der Waals surface area contributed by atoms with E-state index >= 15 is 0 Å². The van der Waals surface area contributed by atoms with Gasteiger partial charge in [-0.05, 0) is 43.6 Å². The van der Waals surface area contributed by atoms with Gasteiger partial charge in [-0.1, -0.05) is 28.1 Å². The van der Waals surface area contributed by atoms with E-state index in [9.17, 15) is 0 Å². The molecule has 0 amide bonds. The molecule has 1 saturated heterocycles. The Bertz CT molecular complexity index is 325. The minimum atomic E-state index is 0.209. The highest BCUT2D eigenvalue weighted by Gasteiger charge is 2.33. The first-order valence-corrected chi connectivity index (χ1v) is 6.52. The van der Waals surface area contributed by atoms with E-state index in [2.05, 4.69) is 45.5 Å². The van der Waals surface area contributed by atoms with Crippen molar-refractivity contribution in [2.45, 2.75) is 18.3 Å². The average molecular weight is 284 g/mol. The lowest BCUT2D eigenvalue weighted by Gasteiger charge is -2.37. The first-order chi connectivity index (χ1) is 7.77. The Morgan fingerprint density at radius 2 is 1.88 bits per heavy atom. The van der Waals surface area contributed by atoms with Crippen LogP contribution in [0.1, 0.15) is 18.4 Å². The lowest BCUT2D eigenvalue weighted by atomic mass is 9.74. The Kier molecular flexibility index (Phi) is 4.00. The van der Waals surface area contributed by atoms with E-state index < -0.39 is 0 Å². The molecular weight excluding hydrogens is 266 g/mol. The molecule has 0 aliphatic carbocycles. The third-order valence-electron chi connectivity index (χ3n) is 3.44. The molecule has 0 aromatic heterocycles. The van der Waals surface area contributed by atoms with Crippen LogP contribution in [-0.2, 0) is 10.2 Å². The first-order valence-electron chi connectivity index (χ1n) is 5.73. The molecule has 88 valence electrons. The van der Waals surface area contributed by atoms with Crippen LogP contribution < -0.4 is 5.32 Å². The van der Waals surface area contributed by atoms with Crippen molar-refractivity contribution in [2.24, 2.45) is 0 Å². The van der Waals surface area contributed by atoms with Gasteiger partial charge in [0.1, 0.15) is 0 Å². The minimum absolute atomic E-state index is 0.209. The number of benzene rings is 1. The zero-order valence-electron chi connectivity index (χ0n) is 9.63. The average Bonchev–Trinajstić information content (AvgIpc) is 2.31. The van der Waals surface area contributed by atoms with Crippen LogP contribution in [0.2, 0.25) is 0 Å². The molecular formula is C13H18BrNO. The minimum Gasteiger partial charge on any atom is -0.384 e. The van der Waals surface area contributed by atoms with E-state index in [1.807, 2.05) is 0 Å². The largest absolute Gasteiger partial charge is 0.384 e. The molecule has 3 heteroatoms. The standard InChI is InChI=1S/C13H18BrNO/c1-16-10-13(6-8-15-9-7-13)11-2-4-12(14)5-3-11/h2-5,15H,6-10H2,1H3. The summed E-state index contributed by atoms with van der Waals surface area (Å²) < 4.78 is 6.57. The Hall–Kier alpha value is -0.380. The monoisotopic (exact) mass is 283 g/mol. The molecule has 16 heavy (non-hydrogen) atoms. The van der Waals surface area contributed by atoms with Gasteiger partial charge in [-0.2, -0.15) is 0 Å². The number of methoxy groups -OCH3 is 1. The van der Waals surface area contributed by atoms with Crippen molar-refractivity contribution in [2.75, 3.05) is 26.8 Å². The van der Waals surface area contributed by atoms with Crippen LogP contribution in [0.25, 0.3) is 0 Å². The molecule has 0 unspecified atom stereocenters. The first kappa shape index (κ1) is 12.1. The van der Waals surface area contributed by atoms with Gasteiger partial charge in [0.15, 0.2) is 0 Å². The fourth-order valence-corrected chi connectivity index (χ4v) is 2.77. The molecule has 0 saturated carbocycles. The van der Waals surface area contributed by atoms with E-state index in [0.29, 0.717) is 0 Å². The fraction of sp³-hybridized carbons (Fsp3) is 0.538. The van der Waals surface area contributed by atoms with E-state index in [0.717, 1.165) is 37.0 Å². The van der Waals surface area contributed by atoms with Crippen LogP contribution in [0.3, 0.4) is 0 Å². The predicted molar refractivity (Wildman–Crippen MR) is 69.8 cm³/mol. The van der Waals surface area contributed by atoms with Crippen molar-refractivity contribution in [1.82, 2.24) is 5.32 Å². The second kappa shape index (κ2) is 5.30. The molecule has 0 bridgehead atoms. The summed E-state index contributed by atoms with van der Waals surface area (Å²) in [6.07, 6.45) is 2.31. The zero-order chi connectivity index (χ0) is 11.4. The van der Waals surface area contributed by atoms with Gasteiger partial charge in [-0.25, -0.2) is 0 Å². The number of halogens is 1. The summed E-state index contributed by atoms with van der Waals surface area (Å²) >= 11 is 3.48. The van der Waals surface area contributed by atoms with Crippen LogP contribution in [0, 0.1) is 0 Å². The predicted octanol–water partition coefficient (Wildman–Crippen LogP) is 2.72. The number of nitrogens with one attached hydrogen (secondary N) is 1. The normalized spacial score (nSPS) is 19.6. The van der Waals surface area contributed by atoms with Crippen LogP contribution in [-0.4, -0.2) is 26.8 Å². The summed E-state index contributed by atoms with van der Waals surface area (Å²) in [5, 5.41) is 3.41. The molecule has 1 aliphatic rings. The maximum absolute atomic E-state index is 5.43. The number of ether oxygens (including phenoxy) is 1. The third kappa shape index (κ3) is 2.47. The van der Waals surface area contributed by atoms with Gasteiger partial charge in [-0.15, -0.1) is 0 Å². The van der Waals surface area contributed by atoms with Crippen molar-refractivity contribution in [1.29, 1.82) is 0 Å². The summed E-state index contributed by atoms with van der Waals surface area (Å²) in [6.45, 7) is 2.98. The Morgan fingerprint density at radius 1 is 1.25 bits per heavy atom. The quantitative estimate of drug-likeness (QED) is 0.921. The van der Waals surface area contributed by atoms with Gasteiger partial charge < -0.3 is 10.1 Å². The molecule has 1 aromatic carbocycles. The van der Waals surface area contributed by atoms with Gasteiger partial charge >= 0.3 is 0 Å². The molecule has 1 aliphatic heterocycles. The number of hydrogen-bond donors (Lipinski definition) is 1. The van der Waals surface area contributed by atoms with Crippen molar-refractivity contribution >= 4 is 15.9 Å². The fourth-order valence-electron chi connectivity index (χ4n) is 2.50. The van der Waals surface area contributed by atoms with Crippen LogP contribution in [0.5, 0.6) is 0 Å². The second-order valence-corrected chi connectivity index (χ2v) is 5.39. The SMILES string of the molecule is COCC1(c2ccc(Br)cc2)CCNCC1. The summed E-state index contributed by atoms with van der Waals surface area (Å²) in [5.41, 5.74) is 1.61. The summed E-state index contributed by atoms with van der Waals surface area (Å²) in [7, 11) is 1.79. The maximum atomic E-state index is 5.43. The van der Waals surface area contributed by atoms with E-state index in [-0.39, 0.29) is 5.41 Å². The molecule has 1 aromatic rings. The number of hydrogen-bond acceptors (Lipinski definition) is 2. The lowest BCUT2D eigenvalue weighted by molar-refractivity contribution is 0.108. The number of piperidine rings is 1. The molecule has 1 N–H and O–H groups in total. The highest BCUT2D eigenvalue weighted by Crippen LogP contribution is 2.34. The van der Waals surface area contributed by atoms with Gasteiger partial charge in [0.2, 0.25) is 0 Å². The molecule has 2 rings (SSSR count). The van der Waals surface area contributed by atoms with E-state index in [4.69, 9.17) is 4.74 Å². The smallest absolute Gasteiger partial charge is 0.0560 e. The molecule has 0 spiro atoms. The molecule has 0 atom stereocenters. The third-order valence-corrected chi connectivity index (χ3v) is 3.97. The van der Waals surface area contributed by atoms with Gasteiger partial charge in [-0.3, -0.25) is 0 Å². The molecule has 1 fully saturated rings. The van der Waals surface area contributed by atoms with Gasteiger partial charge in [0.25, 0.3) is 0 Å². The summed E-state index contributed by atoms with van der Waals surface area (Å²) in [5.74, 6) is 0. The van der Waals surface area contributed by atoms with E-state index in [1.54, 1.807) is 7.11 Å². The van der Waals surface area contributed by atoms with Gasteiger partial charge in [0, 0.05) is 17.0 Å². The van der Waals surface area contributed by atoms with Crippen LogP contribution in [0.15, 0.2) is 28.7 Å². The summed E-state index contributed by atoms with van der Waals surface area (Å²) in [6, 6.07) is 8.67. The summed E-state index contributed by atoms with van der Waals surface area (Å²) in [4.78, 5) is 0. The second-order valence-electron chi connectivity index (χ2n) is 4.47. The van der Waals surface area contributed by atoms with Crippen molar-refractivity contribution in [3.05, 3.63) is 34.3 Å². The Morgan fingerprint density at radius 3 is 2.44 bits per heavy atom. The molecule has 0 radical (unpaired) electrons. The van der Waals surface area contributed by atoms with Crippen molar-refractivity contribution in [3.63, 3.8) is 0 Å². The highest BCUT2D eigenvalue weighted by atomic mass is 79.9. The maximum Gasteiger partial charge on any atom is 0.0560 e. The molecule has 1 heterocycles. The molecule has 2 nitrogen and oxygen atoms in total.